The molecule has 0 aliphatic rings. The van der Waals surface area contributed by atoms with Crippen LogP contribution in [0, 0.1) is 6.92 Å². The number of carbonyl (C=O) groups excluding carboxylic acids is 1. The van der Waals surface area contributed by atoms with Crippen molar-refractivity contribution in [1.29, 1.82) is 0 Å². The fourth-order valence-corrected chi connectivity index (χ4v) is 0.509. The second kappa shape index (κ2) is 2.51. The Bertz CT molecular complexity index is 241. The Morgan fingerprint density at radius 3 is 3.00 bits per heavy atom. The van der Waals surface area contributed by atoms with Gasteiger partial charge in [0.25, 0.3) is 0 Å². The van der Waals surface area contributed by atoms with E-state index in [-0.39, 0.29) is 11.6 Å². The summed E-state index contributed by atoms with van der Waals surface area (Å²) in [5, 5.41) is 0. The van der Waals surface area contributed by atoms with Gasteiger partial charge in [0.1, 0.15) is 6.26 Å². The first-order valence-electron chi connectivity index (χ1n) is 2.60. The van der Waals surface area contributed by atoms with Gasteiger partial charge >= 0.3 is 5.97 Å². The van der Waals surface area contributed by atoms with Gasteiger partial charge in [0.2, 0.25) is 0 Å². The molecule has 0 bridgehead atoms. The molecule has 1 aromatic rings. The lowest BCUT2D eigenvalue weighted by Gasteiger charge is -1.88. The predicted octanol–water partition coefficient (Wildman–Crippen LogP) is 0.643. The standard InChI is InChI=1S/C6H6NO3/c1-4-7-5(3-10-4)6(8)9-2/h3H,1H2,2H3. The number of ether oxygens (including phenoxy) is 1. The predicted molar refractivity (Wildman–Crippen MR) is 32.3 cm³/mol. The summed E-state index contributed by atoms with van der Waals surface area (Å²) < 4.78 is 9.02. The molecule has 1 radical (unpaired) electrons. The number of hydrogen-bond donors (Lipinski definition) is 0. The van der Waals surface area contributed by atoms with E-state index in [0.29, 0.717) is 0 Å². The number of rotatable bonds is 1. The second-order valence-corrected chi connectivity index (χ2v) is 1.62. The average molecular weight is 140 g/mol. The Labute approximate surface area is 57.8 Å². The minimum absolute atomic E-state index is 0.146. The molecule has 10 heavy (non-hydrogen) atoms. The molecule has 0 aliphatic heterocycles. The fourth-order valence-electron chi connectivity index (χ4n) is 0.509. The third-order valence-corrected chi connectivity index (χ3v) is 0.946. The minimum Gasteiger partial charge on any atom is -0.464 e. The maximum atomic E-state index is 10.7. The number of methoxy groups -OCH3 is 1. The molecule has 4 nitrogen and oxygen atoms in total. The molecule has 0 aliphatic carbocycles. The van der Waals surface area contributed by atoms with Gasteiger partial charge in [0, 0.05) is 6.92 Å². The smallest absolute Gasteiger partial charge is 0.360 e. The highest BCUT2D eigenvalue weighted by molar-refractivity contribution is 5.86. The summed E-state index contributed by atoms with van der Waals surface area (Å²) in [6.07, 6.45) is 1.20. The van der Waals surface area contributed by atoms with Crippen LogP contribution in [0.25, 0.3) is 0 Å². The number of aromatic nitrogens is 1. The van der Waals surface area contributed by atoms with E-state index in [1.165, 1.54) is 13.4 Å². The van der Waals surface area contributed by atoms with Gasteiger partial charge in [0.05, 0.1) is 7.11 Å². The summed E-state index contributed by atoms with van der Waals surface area (Å²) in [5.74, 6) is -0.306. The summed E-state index contributed by atoms with van der Waals surface area (Å²) in [7, 11) is 1.28. The van der Waals surface area contributed by atoms with Crippen molar-refractivity contribution in [2.75, 3.05) is 7.11 Å². The quantitative estimate of drug-likeness (QED) is 0.537. The van der Waals surface area contributed by atoms with E-state index in [9.17, 15) is 4.79 Å². The minimum atomic E-state index is -0.515. The largest absolute Gasteiger partial charge is 0.464 e. The van der Waals surface area contributed by atoms with E-state index < -0.39 is 5.97 Å². The zero-order valence-corrected chi connectivity index (χ0v) is 5.46. The Morgan fingerprint density at radius 1 is 1.90 bits per heavy atom. The summed E-state index contributed by atoms with van der Waals surface area (Å²) in [4.78, 5) is 14.3. The van der Waals surface area contributed by atoms with Crippen LogP contribution in [0.2, 0.25) is 0 Å². The highest BCUT2D eigenvalue weighted by atomic mass is 16.5. The molecular weight excluding hydrogens is 134 g/mol. The Hall–Kier alpha value is -1.32. The first-order valence-corrected chi connectivity index (χ1v) is 2.60. The fraction of sp³-hybridized carbons (Fsp3) is 0.167. The van der Waals surface area contributed by atoms with Gasteiger partial charge in [-0.15, -0.1) is 0 Å². The van der Waals surface area contributed by atoms with Gasteiger partial charge in [-0.1, -0.05) is 0 Å². The van der Waals surface area contributed by atoms with E-state index in [1.54, 1.807) is 0 Å². The lowest BCUT2D eigenvalue weighted by Crippen LogP contribution is -2.00. The van der Waals surface area contributed by atoms with Crippen molar-refractivity contribution in [3.8, 4) is 0 Å². The molecule has 0 amide bonds. The molecule has 0 fully saturated rings. The number of nitrogens with zero attached hydrogens (tertiary/aromatic N) is 1. The van der Waals surface area contributed by atoms with Gasteiger partial charge < -0.3 is 9.15 Å². The first kappa shape index (κ1) is 6.80. The number of oxazole rings is 1. The topological polar surface area (TPSA) is 52.3 Å². The van der Waals surface area contributed by atoms with Crippen LogP contribution in [0.1, 0.15) is 16.4 Å². The maximum absolute atomic E-state index is 10.7. The Balaban J connectivity index is 2.85. The van der Waals surface area contributed by atoms with Crippen molar-refractivity contribution in [2.45, 2.75) is 0 Å². The molecule has 0 spiro atoms. The van der Waals surface area contributed by atoms with Crippen molar-refractivity contribution < 1.29 is 13.9 Å². The van der Waals surface area contributed by atoms with Crippen LogP contribution < -0.4 is 0 Å². The molecule has 1 heterocycles. The Kier molecular flexibility index (Phi) is 1.71. The molecule has 1 aromatic heterocycles. The molecule has 0 atom stereocenters. The van der Waals surface area contributed by atoms with Gasteiger partial charge in [-0.2, -0.15) is 0 Å². The van der Waals surface area contributed by atoms with Crippen molar-refractivity contribution in [2.24, 2.45) is 0 Å². The molecule has 4 heteroatoms. The zero-order valence-electron chi connectivity index (χ0n) is 5.46. The normalized spacial score (nSPS) is 9.40. The van der Waals surface area contributed by atoms with Crippen molar-refractivity contribution in [1.82, 2.24) is 4.98 Å². The summed E-state index contributed by atoms with van der Waals surface area (Å²) in [6.45, 7) is 3.37. The van der Waals surface area contributed by atoms with Crippen LogP contribution in [-0.2, 0) is 4.74 Å². The van der Waals surface area contributed by atoms with Crippen molar-refractivity contribution in [3.63, 3.8) is 0 Å². The highest BCUT2D eigenvalue weighted by Crippen LogP contribution is 2.00. The Morgan fingerprint density at radius 2 is 2.60 bits per heavy atom. The number of carbonyl (C=O) groups is 1. The number of esters is 1. The van der Waals surface area contributed by atoms with E-state index in [4.69, 9.17) is 0 Å². The lowest BCUT2D eigenvalue weighted by atomic mass is 10.5. The van der Waals surface area contributed by atoms with E-state index in [2.05, 4.69) is 21.1 Å². The first-order chi connectivity index (χ1) is 4.74. The molecule has 0 aromatic carbocycles. The maximum Gasteiger partial charge on any atom is 0.360 e. The van der Waals surface area contributed by atoms with E-state index in [1.807, 2.05) is 0 Å². The zero-order chi connectivity index (χ0) is 7.56. The molecule has 0 unspecified atom stereocenters. The molecular formula is C6H6NO3. The van der Waals surface area contributed by atoms with E-state index >= 15 is 0 Å². The van der Waals surface area contributed by atoms with Gasteiger partial charge in [-0.3, -0.25) is 0 Å². The van der Waals surface area contributed by atoms with Gasteiger partial charge in [0.15, 0.2) is 11.6 Å². The monoisotopic (exact) mass is 140 g/mol. The SMILES string of the molecule is [CH2]c1nc(C(=O)OC)co1. The van der Waals surface area contributed by atoms with Crippen molar-refractivity contribution >= 4 is 5.97 Å². The summed E-state index contributed by atoms with van der Waals surface area (Å²) in [5.41, 5.74) is 0.146. The van der Waals surface area contributed by atoms with Crippen LogP contribution in [0.5, 0.6) is 0 Å². The molecule has 53 valence electrons. The van der Waals surface area contributed by atoms with Gasteiger partial charge in [-0.05, 0) is 0 Å². The molecule has 0 N–H and O–H groups in total. The van der Waals surface area contributed by atoms with Crippen LogP contribution in [0.15, 0.2) is 10.7 Å². The van der Waals surface area contributed by atoms with E-state index in [0.717, 1.165) is 0 Å². The van der Waals surface area contributed by atoms with Crippen LogP contribution in [-0.4, -0.2) is 18.1 Å². The van der Waals surface area contributed by atoms with Crippen molar-refractivity contribution in [3.05, 3.63) is 24.8 Å². The second-order valence-electron chi connectivity index (χ2n) is 1.62. The van der Waals surface area contributed by atoms with Gasteiger partial charge in [-0.25, -0.2) is 9.78 Å². The van der Waals surface area contributed by atoms with Crippen LogP contribution >= 0.6 is 0 Å². The molecule has 0 saturated carbocycles. The molecule has 1 rings (SSSR count). The number of hydrogen-bond acceptors (Lipinski definition) is 4. The highest BCUT2D eigenvalue weighted by Gasteiger charge is 2.08. The third-order valence-electron chi connectivity index (χ3n) is 0.946. The molecule has 0 saturated heterocycles. The average Bonchev–Trinajstić information content (AvgIpc) is 2.34. The van der Waals surface area contributed by atoms with Crippen LogP contribution in [0.3, 0.4) is 0 Å². The summed E-state index contributed by atoms with van der Waals surface area (Å²) >= 11 is 0. The third kappa shape index (κ3) is 1.15. The van der Waals surface area contributed by atoms with Crippen LogP contribution in [0.4, 0.5) is 0 Å². The lowest BCUT2D eigenvalue weighted by molar-refractivity contribution is 0.0594. The summed E-state index contributed by atoms with van der Waals surface area (Å²) in [6, 6.07) is 0.